The summed E-state index contributed by atoms with van der Waals surface area (Å²) in [6.07, 6.45) is 4.68. The third-order valence-electron chi connectivity index (χ3n) is 5.49. The largest absolute Gasteiger partial charge is 0.340 e. The molecule has 2 aromatic rings. The van der Waals surface area contributed by atoms with E-state index in [1.165, 1.54) is 12.8 Å². The Labute approximate surface area is 160 Å². The molecule has 0 bridgehead atoms. The molecule has 5 heteroatoms. The quantitative estimate of drug-likeness (QED) is 0.767. The predicted molar refractivity (Wildman–Crippen MR) is 104 cm³/mol. The Morgan fingerprint density at radius 2 is 1.93 bits per heavy atom. The van der Waals surface area contributed by atoms with E-state index in [-0.39, 0.29) is 11.9 Å². The van der Waals surface area contributed by atoms with E-state index in [0.29, 0.717) is 17.4 Å². The number of carbonyl (C=O) groups is 1. The van der Waals surface area contributed by atoms with Crippen LogP contribution in [0, 0.1) is 17.2 Å². The van der Waals surface area contributed by atoms with Gasteiger partial charge in [-0.05, 0) is 63.5 Å². The van der Waals surface area contributed by atoms with Gasteiger partial charge in [0.1, 0.15) is 5.69 Å². The first kappa shape index (κ1) is 17.8. The van der Waals surface area contributed by atoms with Crippen molar-refractivity contribution in [2.75, 3.05) is 13.6 Å². The molecule has 0 N–H and O–H groups in total. The van der Waals surface area contributed by atoms with E-state index in [4.69, 9.17) is 10.4 Å². The highest BCUT2D eigenvalue weighted by atomic mass is 16.2. The molecule has 4 rings (SSSR count). The molecule has 1 aromatic carbocycles. The molecule has 2 fully saturated rings. The zero-order chi connectivity index (χ0) is 19.1. The average Bonchev–Trinajstić information content (AvgIpc) is 3.60. The van der Waals surface area contributed by atoms with Crippen molar-refractivity contribution in [3.63, 3.8) is 0 Å². The Morgan fingerprint density at radius 3 is 2.44 bits per heavy atom. The molecule has 0 aliphatic heterocycles. The van der Waals surface area contributed by atoms with Gasteiger partial charge in [0, 0.05) is 30.8 Å². The highest BCUT2D eigenvalue weighted by Gasteiger charge is 2.37. The van der Waals surface area contributed by atoms with Crippen LogP contribution in [0.3, 0.4) is 0 Å². The number of rotatable bonds is 6. The zero-order valence-corrected chi connectivity index (χ0v) is 16.3. The molecule has 0 atom stereocenters. The minimum absolute atomic E-state index is 0.0879. The SMILES string of the molecule is CC(C)n1nc(-c2ccc(C#N)cc2)c(C2CC2)c1C(=O)N(C)CC1CC1. The number of hydrogen-bond acceptors (Lipinski definition) is 3. The Kier molecular flexibility index (Phi) is 4.51. The molecule has 5 nitrogen and oxygen atoms in total. The summed E-state index contributed by atoms with van der Waals surface area (Å²) < 4.78 is 1.91. The summed E-state index contributed by atoms with van der Waals surface area (Å²) in [4.78, 5) is 15.2. The second-order valence-corrected chi connectivity index (χ2v) is 8.24. The van der Waals surface area contributed by atoms with E-state index in [1.54, 1.807) is 0 Å². The number of nitrogens with zero attached hydrogens (tertiary/aromatic N) is 4. The van der Waals surface area contributed by atoms with Gasteiger partial charge in [0.15, 0.2) is 0 Å². The van der Waals surface area contributed by atoms with Crippen molar-refractivity contribution in [2.45, 2.75) is 51.5 Å². The Morgan fingerprint density at radius 1 is 1.26 bits per heavy atom. The molecule has 2 saturated carbocycles. The summed E-state index contributed by atoms with van der Waals surface area (Å²) in [5, 5.41) is 13.9. The summed E-state index contributed by atoms with van der Waals surface area (Å²) in [7, 11) is 1.91. The molecule has 2 aliphatic rings. The van der Waals surface area contributed by atoms with Crippen molar-refractivity contribution in [1.29, 1.82) is 5.26 Å². The normalized spacial score (nSPS) is 16.4. The molecule has 0 spiro atoms. The van der Waals surface area contributed by atoms with E-state index in [9.17, 15) is 4.79 Å². The van der Waals surface area contributed by atoms with E-state index >= 15 is 0 Å². The fourth-order valence-electron chi connectivity index (χ4n) is 3.66. The molecule has 2 aliphatic carbocycles. The first-order valence-corrected chi connectivity index (χ1v) is 9.88. The van der Waals surface area contributed by atoms with E-state index in [2.05, 4.69) is 19.9 Å². The number of aromatic nitrogens is 2. The lowest BCUT2D eigenvalue weighted by atomic mass is 10.0. The maximum absolute atomic E-state index is 13.4. The minimum atomic E-state index is 0.0879. The lowest BCUT2D eigenvalue weighted by molar-refractivity contribution is 0.0773. The summed E-state index contributed by atoms with van der Waals surface area (Å²) >= 11 is 0. The van der Waals surface area contributed by atoms with Gasteiger partial charge in [-0.1, -0.05) is 12.1 Å². The molecule has 27 heavy (non-hydrogen) atoms. The first-order chi connectivity index (χ1) is 13.0. The number of nitriles is 1. The third-order valence-corrected chi connectivity index (χ3v) is 5.49. The molecule has 1 heterocycles. The van der Waals surface area contributed by atoms with Crippen molar-refractivity contribution in [1.82, 2.24) is 14.7 Å². The number of benzene rings is 1. The molecular weight excluding hydrogens is 336 g/mol. The third kappa shape index (κ3) is 3.49. The highest BCUT2D eigenvalue weighted by molar-refractivity contribution is 5.96. The van der Waals surface area contributed by atoms with Crippen LogP contribution in [0.5, 0.6) is 0 Å². The topological polar surface area (TPSA) is 61.9 Å². The molecule has 0 saturated heterocycles. The van der Waals surface area contributed by atoms with Crippen molar-refractivity contribution in [3.8, 4) is 17.3 Å². The van der Waals surface area contributed by atoms with Gasteiger partial charge >= 0.3 is 0 Å². The molecule has 0 unspecified atom stereocenters. The minimum Gasteiger partial charge on any atom is -0.340 e. The average molecular weight is 362 g/mol. The smallest absolute Gasteiger partial charge is 0.272 e. The van der Waals surface area contributed by atoms with Crippen molar-refractivity contribution < 1.29 is 4.79 Å². The van der Waals surface area contributed by atoms with E-state index < -0.39 is 0 Å². The van der Waals surface area contributed by atoms with Crippen LogP contribution in [0.1, 0.15) is 73.1 Å². The van der Waals surface area contributed by atoms with Crippen LogP contribution in [0.25, 0.3) is 11.3 Å². The maximum Gasteiger partial charge on any atom is 0.272 e. The fraction of sp³-hybridized carbons (Fsp3) is 0.500. The second kappa shape index (κ2) is 6.84. The summed E-state index contributed by atoms with van der Waals surface area (Å²) in [6, 6.07) is 9.80. The standard InChI is InChI=1S/C22H26N4O/c1-14(2)26-21(22(27)25(3)13-16-4-5-16)19(17-10-11-17)20(24-26)18-8-6-15(12-23)7-9-18/h6-9,14,16-17H,4-5,10-11,13H2,1-3H3. The number of amides is 1. The van der Waals surface area contributed by atoms with Crippen LogP contribution >= 0.6 is 0 Å². The number of hydrogen-bond donors (Lipinski definition) is 0. The number of carbonyl (C=O) groups excluding carboxylic acids is 1. The van der Waals surface area contributed by atoms with Crippen LogP contribution < -0.4 is 0 Å². The zero-order valence-electron chi connectivity index (χ0n) is 16.3. The Hall–Kier alpha value is -2.61. The van der Waals surface area contributed by atoms with Crippen LogP contribution in [0.2, 0.25) is 0 Å². The fourth-order valence-corrected chi connectivity index (χ4v) is 3.66. The van der Waals surface area contributed by atoms with Crippen LogP contribution in [-0.2, 0) is 0 Å². The van der Waals surface area contributed by atoms with Gasteiger partial charge in [0.05, 0.1) is 17.3 Å². The predicted octanol–water partition coefficient (Wildman–Crippen LogP) is 4.36. The van der Waals surface area contributed by atoms with Gasteiger partial charge < -0.3 is 4.90 Å². The highest BCUT2D eigenvalue weighted by Crippen LogP contribution is 2.47. The monoisotopic (exact) mass is 362 g/mol. The van der Waals surface area contributed by atoms with Gasteiger partial charge in [0.2, 0.25) is 0 Å². The second-order valence-electron chi connectivity index (χ2n) is 8.24. The van der Waals surface area contributed by atoms with Gasteiger partial charge in [-0.25, -0.2) is 0 Å². The summed E-state index contributed by atoms with van der Waals surface area (Å²) in [6.45, 7) is 4.98. The lowest BCUT2D eigenvalue weighted by Crippen LogP contribution is -2.31. The Balaban J connectivity index is 1.80. The molecule has 140 valence electrons. The van der Waals surface area contributed by atoms with Crippen molar-refractivity contribution in [2.24, 2.45) is 5.92 Å². The van der Waals surface area contributed by atoms with Crippen LogP contribution in [-0.4, -0.2) is 34.2 Å². The molecule has 0 radical (unpaired) electrons. The van der Waals surface area contributed by atoms with Crippen LogP contribution in [0.15, 0.2) is 24.3 Å². The summed E-state index contributed by atoms with van der Waals surface area (Å²) in [5.41, 5.74) is 4.37. The molecular formula is C22H26N4O. The van der Waals surface area contributed by atoms with Crippen molar-refractivity contribution >= 4 is 5.91 Å². The van der Waals surface area contributed by atoms with Crippen molar-refractivity contribution in [3.05, 3.63) is 41.1 Å². The maximum atomic E-state index is 13.4. The van der Waals surface area contributed by atoms with Gasteiger partial charge in [0.25, 0.3) is 5.91 Å². The molecule has 1 aromatic heterocycles. The Bertz CT molecular complexity index is 896. The lowest BCUT2D eigenvalue weighted by Gasteiger charge is -2.20. The summed E-state index contributed by atoms with van der Waals surface area (Å²) in [5.74, 6) is 1.16. The van der Waals surface area contributed by atoms with E-state index in [0.717, 1.165) is 41.9 Å². The van der Waals surface area contributed by atoms with Crippen LogP contribution in [0.4, 0.5) is 0 Å². The first-order valence-electron chi connectivity index (χ1n) is 9.88. The van der Waals surface area contributed by atoms with Gasteiger partial charge in [-0.15, -0.1) is 0 Å². The van der Waals surface area contributed by atoms with Gasteiger partial charge in [-0.3, -0.25) is 9.48 Å². The van der Waals surface area contributed by atoms with E-state index in [1.807, 2.05) is 40.9 Å². The van der Waals surface area contributed by atoms with Gasteiger partial charge in [-0.2, -0.15) is 10.4 Å². The molecule has 1 amide bonds.